The minimum Gasteiger partial charge on any atom is -0.496 e. The van der Waals surface area contributed by atoms with E-state index in [1.54, 1.807) is 43.5 Å². The number of carbonyl (C=O) groups is 3. The number of nitrogens with one attached hydrogen (secondary N) is 1. The van der Waals surface area contributed by atoms with Crippen LogP contribution in [0.5, 0.6) is 5.75 Å². The van der Waals surface area contributed by atoms with E-state index in [0.717, 1.165) is 22.5 Å². The number of fused-ring (bicyclic) bond motifs is 2. The molecule has 0 bridgehead atoms. The van der Waals surface area contributed by atoms with Crippen LogP contribution < -0.4 is 19.8 Å². The van der Waals surface area contributed by atoms with E-state index in [9.17, 15) is 19.2 Å². The lowest BCUT2D eigenvalue weighted by molar-refractivity contribution is -0.122. The van der Waals surface area contributed by atoms with Crippen LogP contribution in [-0.4, -0.2) is 34.6 Å². The number of aromatic nitrogens is 1. The molecular weight excluding hydrogens is 546 g/mol. The van der Waals surface area contributed by atoms with Crippen LogP contribution in [0.2, 0.25) is 0 Å². The molecule has 6 rings (SSSR count). The topological polar surface area (TPSA) is 97.7 Å². The van der Waals surface area contributed by atoms with Crippen molar-refractivity contribution in [3.8, 4) is 5.75 Å². The molecule has 3 amide bonds. The average molecular weight is 572 g/mol. The van der Waals surface area contributed by atoms with Gasteiger partial charge in [0.25, 0.3) is 0 Å². The summed E-state index contributed by atoms with van der Waals surface area (Å²) in [5, 5.41) is 2.62. The molecule has 1 saturated heterocycles. The Kier molecular flexibility index (Phi) is 6.81. The summed E-state index contributed by atoms with van der Waals surface area (Å²) in [6.07, 6.45) is 0. The fraction of sp³-hybridized carbons (Fsp3) is 0.200. The van der Waals surface area contributed by atoms with Gasteiger partial charge in [0, 0.05) is 22.0 Å². The van der Waals surface area contributed by atoms with Crippen LogP contribution in [0.25, 0.3) is 0 Å². The molecule has 0 radical (unpaired) electrons. The molecule has 1 aromatic heterocycles. The number of thiazole rings is 1. The van der Waals surface area contributed by atoms with Gasteiger partial charge in [-0.2, -0.15) is 0 Å². The summed E-state index contributed by atoms with van der Waals surface area (Å²) in [4.78, 5) is 55.7. The molecule has 0 unspecified atom stereocenters. The van der Waals surface area contributed by atoms with Crippen LogP contribution >= 0.6 is 23.1 Å². The summed E-state index contributed by atoms with van der Waals surface area (Å²) < 4.78 is 7.07. The molecule has 202 valence electrons. The third-order valence-electron chi connectivity index (χ3n) is 7.14. The van der Waals surface area contributed by atoms with E-state index in [1.165, 1.54) is 21.2 Å². The molecular formula is C30H25N3O5S2. The van der Waals surface area contributed by atoms with Crippen molar-refractivity contribution in [1.29, 1.82) is 0 Å². The first-order valence-corrected chi connectivity index (χ1v) is 14.4. The van der Waals surface area contributed by atoms with E-state index in [-0.39, 0.29) is 29.1 Å². The minimum absolute atomic E-state index is 0.216. The van der Waals surface area contributed by atoms with E-state index in [0.29, 0.717) is 27.0 Å². The standard InChI is InChI=1S/C30H25N3O5S2/c1-17-9-8-10-18(15-17)31-22(34)16-32-29-26(40-30(32)37)23(20-13-6-7-14-21(20)38-2)24-25(39-29)28(36)33(27(24)35)19-11-4-3-5-12-19/h3-15,23-25H,16H2,1-2H3,(H,31,34)/t23-,24-,25+/m0/s1. The highest BCUT2D eigenvalue weighted by Crippen LogP contribution is 2.55. The number of methoxy groups -OCH3 is 1. The second-order valence-electron chi connectivity index (χ2n) is 9.67. The van der Waals surface area contributed by atoms with E-state index < -0.39 is 17.1 Å². The molecule has 0 aliphatic carbocycles. The number of rotatable bonds is 6. The average Bonchev–Trinajstić information content (AvgIpc) is 3.39. The zero-order valence-electron chi connectivity index (χ0n) is 21.7. The van der Waals surface area contributed by atoms with Gasteiger partial charge in [-0.05, 0) is 42.8 Å². The van der Waals surface area contributed by atoms with Crippen molar-refractivity contribution in [3.05, 3.63) is 105 Å². The fourth-order valence-electron chi connectivity index (χ4n) is 5.41. The summed E-state index contributed by atoms with van der Waals surface area (Å²) in [5.74, 6) is -1.79. The number of hydrogen-bond donors (Lipinski definition) is 1. The van der Waals surface area contributed by atoms with Gasteiger partial charge in [-0.1, -0.05) is 71.6 Å². The maximum absolute atomic E-state index is 14.0. The SMILES string of the molecule is COc1ccccc1[C@@H]1c2sc(=O)n(CC(=O)Nc3cccc(C)c3)c2S[C@H]2C(=O)N(c3ccccc3)C(=O)[C@@H]12. The summed E-state index contributed by atoms with van der Waals surface area (Å²) in [6, 6.07) is 23.6. The van der Waals surface area contributed by atoms with E-state index in [1.807, 2.05) is 49.4 Å². The first-order valence-electron chi connectivity index (χ1n) is 12.7. The smallest absolute Gasteiger partial charge is 0.308 e. The van der Waals surface area contributed by atoms with Gasteiger partial charge in [0.1, 0.15) is 17.5 Å². The Labute approximate surface area is 238 Å². The van der Waals surface area contributed by atoms with Crippen LogP contribution in [-0.2, 0) is 20.9 Å². The summed E-state index contributed by atoms with van der Waals surface area (Å²) in [5.41, 5.74) is 2.85. The monoisotopic (exact) mass is 571 g/mol. The predicted octanol–water partition coefficient (Wildman–Crippen LogP) is 4.66. The number of aryl methyl sites for hydroxylation is 1. The number of imide groups is 1. The summed E-state index contributed by atoms with van der Waals surface area (Å²) in [7, 11) is 1.55. The molecule has 3 atom stereocenters. The highest BCUT2D eigenvalue weighted by molar-refractivity contribution is 8.00. The molecule has 40 heavy (non-hydrogen) atoms. The van der Waals surface area contributed by atoms with Gasteiger partial charge in [-0.25, -0.2) is 4.90 Å². The molecule has 3 heterocycles. The molecule has 0 saturated carbocycles. The number of hydrogen-bond acceptors (Lipinski definition) is 7. The van der Waals surface area contributed by atoms with Crippen molar-refractivity contribution in [2.75, 3.05) is 17.3 Å². The van der Waals surface area contributed by atoms with E-state index in [2.05, 4.69) is 5.32 Å². The van der Waals surface area contributed by atoms with Crippen molar-refractivity contribution in [2.24, 2.45) is 5.92 Å². The van der Waals surface area contributed by atoms with Crippen LogP contribution in [0.3, 0.4) is 0 Å². The van der Waals surface area contributed by atoms with Gasteiger partial charge in [0.15, 0.2) is 0 Å². The quantitative estimate of drug-likeness (QED) is 0.338. The lowest BCUT2D eigenvalue weighted by atomic mass is 9.82. The van der Waals surface area contributed by atoms with Gasteiger partial charge in [0.05, 0.1) is 23.7 Å². The van der Waals surface area contributed by atoms with E-state index >= 15 is 0 Å². The van der Waals surface area contributed by atoms with Gasteiger partial charge < -0.3 is 10.1 Å². The Hall–Kier alpha value is -4.15. The van der Waals surface area contributed by atoms with Crippen LogP contribution in [0, 0.1) is 12.8 Å². The number of ether oxygens (including phenoxy) is 1. The molecule has 2 aliphatic rings. The number of anilines is 2. The Morgan fingerprint density at radius 2 is 1.70 bits per heavy atom. The molecule has 0 spiro atoms. The van der Waals surface area contributed by atoms with Gasteiger partial charge in [-0.3, -0.25) is 23.7 Å². The van der Waals surface area contributed by atoms with Crippen molar-refractivity contribution in [3.63, 3.8) is 0 Å². The zero-order valence-corrected chi connectivity index (χ0v) is 23.3. The second-order valence-corrected chi connectivity index (χ2v) is 11.8. The van der Waals surface area contributed by atoms with Crippen LogP contribution in [0.1, 0.15) is 21.9 Å². The Morgan fingerprint density at radius 3 is 2.45 bits per heavy atom. The number of carbonyl (C=O) groups excluding carboxylic acids is 3. The second kappa shape index (κ2) is 10.4. The Balaban J connectivity index is 1.44. The van der Waals surface area contributed by atoms with Crippen LogP contribution in [0.15, 0.2) is 88.7 Å². The normalized spacial score (nSPS) is 19.8. The first kappa shape index (κ1) is 26.1. The van der Waals surface area contributed by atoms with Crippen LogP contribution in [0.4, 0.5) is 11.4 Å². The lowest BCUT2D eigenvalue weighted by Gasteiger charge is -2.31. The van der Waals surface area contributed by atoms with Crippen molar-refractivity contribution in [1.82, 2.24) is 4.57 Å². The number of amides is 3. The molecule has 10 heteroatoms. The Bertz CT molecular complexity index is 1700. The maximum atomic E-state index is 14.0. The molecule has 2 aliphatic heterocycles. The van der Waals surface area contributed by atoms with Crippen molar-refractivity contribution < 1.29 is 19.1 Å². The predicted molar refractivity (Wildman–Crippen MR) is 155 cm³/mol. The largest absolute Gasteiger partial charge is 0.496 e. The highest BCUT2D eigenvalue weighted by atomic mass is 32.2. The molecule has 8 nitrogen and oxygen atoms in total. The fourth-order valence-corrected chi connectivity index (χ4v) is 8.18. The maximum Gasteiger partial charge on any atom is 0.308 e. The molecule has 4 aromatic rings. The molecule has 3 aromatic carbocycles. The number of benzene rings is 3. The lowest BCUT2D eigenvalue weighted by Crippen LogP contribution is -2.33. The number of thioether (sulfide) groups is 1. The van der Waals surface area contributed by atoms with Gasteiger partial charge in [-0.15, -0.1) is 0 Å². The molecule has 1 N–H and O–H groups in total. The van der Waals surface area contributed by atoms with Crippen molar-refractivity contribution >= 4 is 52.2 Å². The number of nitrogens with zero attached hydrogens (tertiary/aromatic N) is 2. The first-order chi connectivity index (χ1) is 19.4. The number of para-hydroxylation sites is 2. The van der Waals surface area contributed by atoms with E-state index in [4.69, 9.17) is 4.74 Å². The van der Waals surface area contributed by atoms with Crippen molar-refractivity contribution in [2.45, 2.75) is 29.7 Å². The highest BCUT2D eigenvalue weighted by Gasteiger charge is 2.57. The van der Waals surface area contributed by atoms with Gasteiger partial charge in [0.2, 0.25) is 17.7 Å². The minimum atomic E-state index is -0.768. The molecule has 1 fully saturated rings. The zero-order chi connectivity index (χ0) is 28.0. The summed E-state index contributed by atoms with van der Waals surface area (Å²) >= 11 is 2.20. The van der Waals surface area contributed by atoms with Gasteiger partial charge >= 0.3 is 4.87 Å². The summed E-state index contributed by atoms with van der Waals surface area (Å²) in [6.45, 7) is 1.71. The third-order valence-corrected chi connectivity index (χ3v) is 9.74. The Morgan fingerprint density at radius 1 is 0.950 bits per heavy atom. The third kappa shape index (κ3) is 4.43.